The van der Waals surface area contributed by atoms with Crippen molar-refractivity contribution in [2.24, 2.45) is 0 Å². The smallest absolute Gasteiger partial charge is 0.257 e. The number of hydrogen-bond donors (Lipinski definition) is 2. The summed E-state index contributed by atoms with van der Waals surface area (Å²) in [6.45, 7) is 2.56. The van der Waals surface area contributed by atoms with Crippen molar-refractivity contribution in [2.45, 2.75) is 0 Å². The molecule has 0 bridgehead atoms. The number of methoxy groups -OCH3 is 4. The Balaban J connectivity index is 1.31. The summed E-state index contributed by atoms with van der Waals surface area (Å²) < 4.78 is 21.0. The second kappa shape index (κ2) is 13.0. The summed E-state index contributed by atoms with van der Waals surface area (Å²) in [5.41, 5.74) is 2.66. The van der Waals surface area contributed by atoms with Crippen LogP contribution in [0.15, 0.2) is 60.7 Å². The van der Waals surface area contributed by atoms with Gasteiger partial charge in [-0.2, -0.15) is 0 Å². The van der Waals surface area contributed by atoms with E-state index in [1.165, 1.54) is 14.2 Å². The van der Waals surface area contributed by atoms with Crippen LogP contribution in [0.4, 0.5) is 11.4 Å². The Labute approximate surface area is 238 Å². The second-order valence-corrected chi connectivity index (χ2v) is 9.35. The van der Waals surface area contributed by atoms with Crippen molar-refractivity contribution in [2.75, 3.05) is 64.8 Å². The number of piperazine rings is 1. The molecule has 3 aromatic rings. The van der Waals surface area contributed by atoms with E-state index in [1.54, 1.807) is 50.6 Å². The maximum atomic E-state index is 13.1. The zero-order chi connectivity index (χ0) is 28.6. The maximum Gasteiger partial charge on any atom is 0.257 e. The number of benzene rings is 3. The Morgan fingerprint density at radius 1 is 0.700 bits per heavy atom. The van der Waals surface area contributed by atoms with Crippen LogP contribution in [-0.4, -0.2) is 76.4 Å². The Morgan fingerprint density at radius 2 is 1.18 bits per heavy atom. The fraction of sp³-hybridized carbons (Fsp3) is 0.276. The van der Waals surface area contributed by atoms with Gasteiger partial charge in [0, 0.05) is 60.8 Å². The Morgan fingerprint density at radius 3 is 1.65 bits per heavy atom. The monoisotopic (exact) mass is 564 g/mol. The third-order valence-corrected chi connectivity index (χ3v) is 6.70. The van der Waals surface area contributed by atoms with Crippen LogP contribution in [-0.2, 0) is 0 Å². The van der Waals surface area contributed by atoms with E-state index in [2.05, 4.69) is 15.5 Å². The predicted octanol–water partition coefficient (Wildman–Crippen LogP) is 3.81. The molecule has 1 saturated heterocycles. The highest BCUT2D eigenvalue weighted by Crippen LogP contribution is 2.25. The molecule has 2 amide bonds. The van der Waals surface area contributed by atoms with E-state index in [0.29, 0.717) is 60.3 Å². The molecule has 210 valence electrons. The van der Waals surface area contributed by atoms with Crippen molar-refractivity contribution >= 4 is 40.5 Å². The van der Waals surface area contributed by atoms with Gasteiger partial charge in [-0.1, -0.05) is 0 Å². The first-order chi connectivity index (χ1) is 19.3. The first kappa shape index (κ1) is 28.5. The Bertz CT molecular complexity index is 1330. The van der Waals surface area contributed by atoms with E-state index in [0.717, 1.165) is 11.4 Å². The molecule has 11 heteroatoms. The van der Waals surface area contributed by atoms with Gasteiger partial charge in [0.05, 0.1) is 28.4 Å². The van der Waals surface area contributed by atoms with Gasteiger partial charge in [0.1, 0.15) is 23.0 Å². The topological polar surface area (TPSA) is 102 Å². The minimum absolute atomic E-state index is 0.0562. The number of carbonyl (C=O) groups excluding carboxylic acids is 2. The van der Waals surface area contributed by atoms with Gasteiger partial charge in [0.25, 0.3) is 11.8 Å². The Kier molecular flexibility index (Phi) is 9.28. The highest BCUT2D eigenvalue weighted by molar-refractivity contribution is 7.80. The van der Waals surface area contributed by atoms with Crippen molar-refractivity contribution in [1.82, 2.24) is 10.2 Å². The van der Waals surface area contributed by atoms with Gasteiger partial charge in [-0.15, -0.1) is 0 Å². The van der Waals surface area contributed by atoms with Gasteiger partial charge in [-0.3, -0.25) is 14.9 Å². The largest absolute Gasteiger partial charge is 0.497 e. The maximum absolute atomic E-state index is 13.1. The van der Waals surface area contributed by atoms with Crippen molar-refractivity contribution in [3.8, 4) is 23.0 Å². The summed E-state index contributed by atoms with van der Waals surface area (Å²) in [5.74, 6) is 1.73. The molecule has 1 aliphatic rings. The number of nitrogens with zero attached hydrogens (tertiary/aromatic N) is 2. The number of nitrogens with one attached hydrogen (secondary N) is 2. The van der Waals surface area contributed by atoms with Crippen LogP contribution in [0.2, 0.25) is 0 Å². The molecule has 0 unspecified atom stereocenters. The lowest BCUT2D eigenvalue weighted by molar-refractivity contribution is 0.0745. The summed E-state index contributed by atoms with van der Waals surface area (Å²) >= 11 is 5.33. The highest BCUT2D eigenvalue weighted by Gasteiger charge is 2.23. The van der Waals surface area contributed by atoms with Crippen LogP contribution < -0.4 is 34.5 Å². The molecule has 0 aliphatic carbocycles. The lowest BCUT2D eigenvalue weighted by Crippen LogP contribution is -2.48. The number of ether oxygens (including phenoxy) is 4. The van der Waals surface area contributed by atoms with E-state index in [9.17, 15) is 9.59 Å². The quantitative estimate of drug-likeness (QED) is 0.396. The van der Waals surface area contributed by atoms with Crippen molar-refractivity contribution in [1.29, 1.82) is 0 Å². The third kappa shape index (κ3) is 6.92. The molecule has 40 heavy (non-hydrogen) atoms. The molecule has 10 nitrogen and oxygen atoms in total. The molecule has 1 fully saturated rings. The number of hydrogen-bond acceptors (Lipinski definition) is 8. The van der Waals surface area contributed by atoms with Gasteiger partial charge < -0.3 is 34.1 Å². The first-order valence-corrected chi connectivity index (χ1v) is 13.0. The fourth-order valence-electron chi connectivity index (χ4n) is 4.31. The van der Waals surface area contributed by atoms with Crippen LogP contribution in [0.1, 0.15) is 20.7 Å². The van der Waals surface area contributed by atoms with E-state index >= 15 is 0 Å². The van der Waals surface area contributed by atoms with E-state index in [1.807, 2.05) is 29.2 Å². The standard InChI is InChI=1S/C29H32N4O6S/c1-36-23-13-19(14-24(17-23)37-2)27(34)31-29(40)30-21-5-7-22(8-6-21)32-9-11-33(12-10-32)28(35)20-15-25(38-3)18-26(16-20)39-4/h5-8,13-18H,9-12H2,1-4H3,(H2,30,31,34,40). The highest BCUT2D eigenvalue weighted by atomic mass is 32.1. The number of thiocarbonyl (C=S) groups is 1. The van der Waals surface area contributed by atoms with Crippen molar-refractivity contribution in [3.63, 3.8) is 0 Å². The molecule has 0 saturated carbocycles. The van der Waals surface area contributed by atoms with Crippen LogP contribution in [0.5, 0.6) is 23.0 Å². The summed E-state index contributed by atoms with van der Waals surface area (Å²) in [7, 11) is 6.16. The molecule has 0 aromatic heterocycles. The van der Waals surface area contributed by atoms with Crippen LogP contribution in [0.25, 0.3) is 0 Å². The van der Waals surface area contributed by atoms with E-state index in [4.69, 9.17) is 31.2 Å². The van der Waals surface area contributed by atoms with Crippen LogP contribution >= 0.6 is 12.2 Å². The minimum atomic E-state index is -0.383. The van der Waals surface area contributed by atoms with E-state index < -0.39 is 0 Å². The summed E-state index contributed by atoms with van der Waals surface area (Å²) in [6.07, 6.45) is 0. The Hall–Kier alpha value is -4.51. The van der Waals surface area contributed by atoms with Crippen LogP contribution in [0, 0.1) is 0 Å². The lowest BCUT2D eigenvalue weighted by Gasteiger charge is -2.36. The zero-order valence-electron chi connectivity index (χ0n) is 22.9. The number of rotatable bonds is 8. The average Bonchev–Trinajstić information content (AvgIpc) is 3.00. The van der Waals surface area contributed by atoms with Crippen molar-refractivity contribution in [3.05, 3.63) is 71.8 Å². The van der Waals surface area contributed by atoms with Gasteiger partial charge in [-0.05, 0) is 60.7 Å². The van der Waals surface area contributed by atoms with Crippen molar-refractivity contribution < 1.29 is 28.5 Å². The van der Waals surface area contributed by atoms with Crippen LogP contribution in [0.3, 0.4) is 0 Å². The fourth-order valence-corrected chi connectivity index (χ4v) is 4.52. The lowest BCUT2D eigenvalue weighted by atomic mass is 10.1. The zero-order valence-corrected chi connectivity index (χ0v) is 23.7. The SMILES string of the molecule is COc1cc(OC)cc(C(=O)NC(=S)Nc2ccc(N3CCN(C(=O)c4cc(OC)cc(OC)c4)CC3)cc2)c1. The number of carbonyl (C=O) groups is 2. The first-order valence-electron chi connectivity index (χ1n) is 12.6. The number of anilines is 2. The minimum Gasteiger partial charge on any atom is -0.497 e. The third-order valence-electron chi connectivity index (χ3n) is 6.50. The molecule has 0 atom stereocenters. The molecule has 3 aromatic carbocycles. The molecular weight excluding hydrogens is 532 g/mol. The molecule has 2 N–H and O–H groups in total. The summed E-state index contributed by atoms with van der Waals surface area (Å²) in [5, 5.41) is 5.88. The van der Waals surface area contributed by atoms with E-state index in [-0.39, 0.29) is 16.9 Å². The normalized spacial score (nSPS) is 12.8. The second-order valence-electron chi connectivity index (χ2n) is 8.94. The molecule has 1 heterocycles. The van der Waals surface area contributed by atoms with Gasteiger partial charge in [0.15, 0.2) is 5.11 Å². The molecule has 0 spiro atoms. The molecule has 1 aliphatic heterocycles. The summed E-state index contributed by atoms with van der Waals surface area (Å²) in [4.78, 5) is 29.8. The molecular formula is C29H32N4O6S. The average molecular weight is 565 g/mol. The number of amides is 2. The molecule has 0 radical (unpaired) electrons. The van der Waals surface area contributed by atoms with Gasteiger partial charge in [-0.25, -0.2) is 0 Å². The van der Waals surface area contributed by atoms with Gasteiger partial charge in [0.2, 0.25) is 0 Å². The van der Waals surface area contributed by atoms with Gasteiger partial charge >= 0.3 is 0 Å². The summed E-state index contributed by atoms with van der Waals surface area (Å²) in [6, 6.07) is 17.8. The predicted molar refractivity (Wildman–Crippen MR) is 157 cm³/mol. The molecule has 4 rings (SSSR count).